The average Bonchev–Trinajstić information content (AvgIpc) is 2.75. The number of nitrogens with zero attached hydrogens (tertiary/aromatic N) is 3. The standard InChI is InChI=1S/C13H17ClN4O2S/c1-8(2)7-18-12(16-17-13(18)21(15,19)20)10-5-4-9(3)11(14)6-10/h4-6,8H,7H2,1-3H3,(H2,15,19,20). The molecule has 1 heterocycles. The van der Waals surface area contributed by atoms with E-state index < -0.39 is 10.0 Å². The predicted molar refractivity (Wildman–Crippen MR) is 81.4 cm³/mol. The van der Waals surface area contributed by atoms with Crippen molar-refractivity contribution in [3.05, 3.63) is 28.8 Å². The van der Waals surface area contributed by atoms with Gasteiger partial charge in [0.05, 0.1) is 0 Å². The van der Waals surface area contributed by atoms with Gasteiger partial charge in [-0.1, -0.05) is 37.6 Å². The third-order valence-electron chi connectivity index (χ3n) is 2.95. The van der Waals surface area contributed by atoms with Crippen molar-refractivity contribution in [3.63, 3.8) is 0 Å². The first-order valence-electron chi connectivity index (χ1n) is 6.42. The molecule has 2 aromatic rings. The second-order valence-electron chi connectivity index (χ2n) is 5.32. The molecule has 0 bridgehead atoms. The molecule has 0 aliphatic rings. The van der Waals surface area contributed by atoms with Gasteiger partial charge in [-0.2, -0.15) is 0 Å². The summed E-state index contributed by atoms with van der Waals surface area (Å²) in [7, 11) is -3.93. The molecule has 0 saturated heterocycles. The number of nitrogens with two attached hydrogens (primary N) is 1. The van der Waals surface area contributed by atoms with Gasteiger partial charge in [0.25, 0.3) is 15.2 Å². The second kappa shape index (κ2) is 5.75. The Hall–Kier alpha value is -1.44. The zero-order valence-corrected chi connectivity index (χ0v) is 13.6. The van der Waals surface area contributed by atoms with Crippen LogP contribution in [0.15, 0.2) is 23.4 Å². The summed E-state index contributed by atoms with van der Waals surface area (Å²) in [5.74, 6) is 0.649. The number of hydrogen-bond acceptors (Lipinski definition) is 4. The van der Waals surface area contributed by atoms with Gasteiger partial charge in [0.1, 0.15) is 0 Å². The van der Waals surface area contributed by atoms with E-state index in [4.69, 9.17) is 16.7 Å². The van der Waals surface area contributed by atoms with Crippen molar-refractivity contribution in [2.45, 2.75) is 32.5 Å². The first kappa shape index (κ1) is 15.9. The molecule has 2 rings (SSSR count). The fraction of sp³-hybridized carbons (Fsp3) is 0.385. The van der Waals surface area contributed by atoms with E-state index in [1.54, 1.807) is 6.07 Å². The van der Waals surface area contributed by atoms with Crippen molar-refractivity contribution >= 4 is 21.6 Å². The Bertz CT molecular complexity index is 768. The van der Waals surface area contributed by atoms with Crippen LogP contribution < -0.4 is 5.14 Å². The second-order valence-corrected chi connectivity index (χ2v) is 7.18. The number of aromatic nitrogens is 3. The van der Waals surface area contributed by atoms with Gasteiger partial charge in [0, 0.05) is 17.1 Å². The van der Waals surface area contributed by atoms with Gasteiger partial charge in [0.15, 0.2) is 5.82 Å². The molecular formula is C13H17ClN4O2S. The van der Waals surface area contributed by atoms with Crippen LogP contribution >= 0.6 is 11.6 Å². The topological polar surface area (TPSA) is 90.9 Å². The first-order valence-corrected chi connectivity index (χ1v) is 8.35. The van der Waals surface area contributed by atoms with E-state index in [0.29, 0.717) is 23.0 Å². The van der Waals surface area contributed by atoms with Gasteiger partial charge in [-0.15, -0.1) is 10.2 Å². The highest BCUT2D eigenvalue weighted by atomic mass is 35.5. The Kier molecular flexibility index (Phi) is 4.36. The molecule has 0 radical (unpaired) electrons. The van der Waals surface area contributed by atoms with Crippen molar-refractivity contribution in [1.82, 2.24) is 14.8 Å². The third-order valence-corrected chi connectivity index (χ3v) is 4.17. The molecule has 0 unspecified atom stereocenters. The highest BCUT2D eigenvalue weighted by Gasteiger charge is 2.22. The van der Waals surface area contributed by atoms with Crippen molar-refractivity contribution < 1.29 is 8.42 Å². The van der Waals surface area contributed by atoms with Crippen LogP contribution in [-0.2, 0) is 16.6 Å². The summed E-state index contributed by atoms with van der Waals surface area (Å²) in [4.78, 5) is 0. The minimum atomic E-state index is -3.93. The van der Waals surface area contributed by atoms with E-state index >= 15 is 0 Å². The van der Waals surface area contributed by atoms with E-state index in [9.17, 15) is 8.42 Å². The number of aryl methyl sites for hydroxylation is 1. The third kappa shape index (κ3) is 3.42. The van der Waals surface area contributed by atoms with Crippen LogP contribution in [0.5, 0.6) is 0 Å². The molecule has 114 valence electrons. The Labute approximate surface area is 129 Å². The van der Waals surface area contributed by atoms with Gasteiger partial charge >= 0.3 is 0 Å². The maximum Gasteiger partial charge on any atom is 0.273 e. The molecule has 6 nitrogen and oxygen atoms in total. The van der Waals surface area contributed by atoms with Gasteiger partial charge in [-0.05, 0) is 24.5 Å². The zero-order chi connectivity index (χ0) is 15.8. The predicted octanol–water partition coefficient (Wildman–Crippen LogP) is 2.21. The van der Waals surface area contributed by atoms with Crippen molar-refractivity contribution in [1.29, 1.82) is 0 Å². The summed E-state index contributed by atoms with van der Waals surface area (Å²) in [6.45, 7) is 6.28. The molecular weight excluding hydrogens is 312 g/mol. The molecule has 0 fully saturated rings. The lowest BCUT2D eigenvalue weighted by atomic mass is 10.1. The van der Waals surface area contributed by atoms with Crippen LogP contribution in [0, 0.1) is 12.8 Å². The fourth-order valence-corrected chi connectivity index (χ4v) is 2.78. The monoisotopic (exact) mass is 328 g/mol. The molecule has 0 spiro atoms. The zero-order valence-electron chi connectivity index (χ0n) is 12.0. The quantitative estimate of drug-likeness (QED) is 0.931. The van der Waals surface area contributed by atoms with Crippen molar-refractivity contribution in [3.8, 4) is 11.4 Å². The summed E-state index contributed by atoms with van der Waals surface area (Å²) in [5.41, 5.74) is 1.63. The molecule has 2 N–H and O–H groups in total. The highest BCUT2D eigenvalue weighted by Crippen LogP contribution is 2.26. The van der Waals surface area contributed by atoms with Gasteiger partial charge in [-0.3, -0.25) is 4.57 Å². The van der Waals surface area contributed by atoms with Gasteiger partial charge in [-0.25, -0.2) is 13.6 Å². The Morgan fingerprint density at radius 2 is 2.00 bits per heavy atom. The summed E-state index contributed by atoms with van der Waals surface area (Å²) < 4.78 is 24.8. The number of halogens is 1. The number of sulfonamides is 1. The molecule has 8 heteroatoms. The Balaban J connectivity index is 2.63. The van der Waals surface area contributed by atoms with E-state index in [-0.39, 0.29) is 11.1 Å². The Morgan fingerprint density at radius 3 is 2.52 bits per heavy atom. The van der Waals surface area contributed by atoms with Crippen LogP contribution in [0.3, 0.4) is 0 Å². The SMILES string of the molecule is Cc1ccc(-c2nnc(S(N)(=O)=O)n2CC(C)C)cc1Cl. The van der Waals surface area contributed by atoms with Crippen molar-refractivity contribution in [2.75, 3.05) is 0 Å². The molecule has 0 amide bonds. The summed E-state index contributed by atoms with van der Waals surface area (Å²) in [6.07, 6.45) is 0. The van der Waals surface area contributed by atoms with Crippen LogP contribution in [-0.4, -0.2) is 23.2 Å². The van der Waals surface area contributed by atoms with E-state index in [2.05, 4.69) is 10.2 Å². The van der Waals surface area contributed by atoms with Crippen LogP contribution in [0.25, 0.3) is 11.4 Å². The molecule has 21 heavy (non-hydrogen) atoms. The molecule has 0 aliphatic heterocycles. The lowest BCUT2D eigenvalue weighted by molar-refractivity contribution is 0.486. The summed E-state index contributed by atoms with van der Waals surface area (Å²) in [6, 6.07) is 5.42. The molecule has 1 aromatic carbocycles. The van der Waals surface area contributed by atoms with Crippen molar-refractivity contribution in [2.24, 2.45) is 11.1 Å². The number of benzene rings is 1. The fourth-order valence-electron chi connectivity index (χ4n) is 1.97. The van der Waals surface area contributed by atoms with Crippen LogP contribution in [0.1, 0.15) is 19.4 Å². The lowest BCUT2D eigenvalue weighted by Crippen LogP contribution is -2.20. The molecule has 1 aromatic heterocycles. The first-order chi connectivity index (χ1) is 9.70. The molecule has 0 atom stereocenters. The summed E-state index contributed by atoms with van der Waals surface area (Å²) in [5, 5.41) is 13.3. The number of hydrogen-bond donors (Lipinski definition) is 1. The minimum Gasteiger partial charge on any atom is -0.296 e. The van der Waals surface area contributed by atoms with Gasteiger partial charge < -0.3 is 0 Å². The van der Waals surface area contributed by atoms with Crippen LogP contribution in [0.2, 0.25) is 5.02 Å². The molecule has 0 aliphatic carbocycles. The number of rotatable bonds is 4. The smallest absolute Gasteiger partial charge is 0.273 e. The van der Waals surface area contributed by atoms with E-state index in [0.717, 1.165) is 5.56 Å². The largest absolute Gasteiger partial charge is 0.296 e. The maximum atomic E-state index is 11.6. The summed E-state index contributed by atoms with van der Waals surface area (Å²) >= 11 is 6.12. The maximum absolute atomic E-state index is 11.6. The van der Waals surface area contributed by atoms with E-state index in [1.165, 1.54) is 4.57 Å². The minimum absolute atomic E-state index is 0.209. The van der Waals surface area contributed by atoms with Crippen LogP contribution in [0.4, 0.5) is 0 Å². The normalized spacial score (nSPS) is 12.1. The molecule has 0 saturated carbocycles. The van der Waals surface area contributed by atoms with E-state index in [1.807, 2.05) is 32.9 Å². The number of primary sulfonamides is 1. The van der Waals surface area contributed by atoms with Gasteiger partial charge in [0.2, 0.25) is 0 Å². The highest BCUT2D eigenvalue weighted by molar-refractivity contribution is 7.89. The Morgan fingerprint density at radius 1 is 1.33 bits per heavy atom. The average molecular weight is 329 g/mol. The lowest BCUT2D eigenvalue weighted by Gasteiger charge is -2.12.